The number of methoxy groups -OCH3 is 2. The van der Waals surface area contributed by atoms with Crippen LogP contribution in [0.3, 0.4) is 0 Å². The molecule has 0 aromatic heterocycles. The maximum Gasteiger partial charge on any atom is 0.259 e. The summed E-state index contributed by atoms with van der Waals surface area (Å²) in [5.41, 5.74) is 1.97. The minimum absolute atomic E-state index is 0.214. The third-order valence-corrected chi connectivity index (χ3v) is 5.34. The number of fused-ring (bicyclic) bond motifs is 1. The molecular formula is C25H23N3O5. The van der Waals surface area contributed by atoms with Crippen molar-refractivity contribution >= 4 is 34.8 Å². The van der Waals surface area contributed by atoms with Gasteiger partial charge in [-0.1, -0.05) is 12.1 Å². The summed E-state index contributed by atoms with van der Waals surface area (Å²) in [5.74, 6) is 0.0566. The van der Waals surface area contributed by atoms with E-state index in [0.717, 1.165) is 0 Å². The van der Waals surface area contributed by atoms with Crippen molar-refractivity contribution in [2.75, 3.05) is 29.8 Å². The minimum atomic E-state index is -1.02. The lowest BCUT2D eigenvalue weighted by Crippen LogP contribution is -2.52. The zero-order valence-electron chi connectivity index (χ0n) is 18.2. The lowest BCUT2D eigenvalue weighted by molar-refractivity contribution is -0.122. The van der Waals surface area contributed by atoms with Crippen LogP contribution >= 0.6 is 0 Å². The first-order chi connectivity index (χ1) is 16.0. The van der Waals surface area contributed by atoms with Crippen molar-refractivity contribution in [3.05, 3.63) is 78.4 Å². The molecule has 0 bridgehead atoms. The molecule has 1 heterocycles. The molecule has 3 aromatic carbocycles. The maximum atomic E-state index is 13.5. The Morgan fingerprint density at radius 1 is 0.909 bits per heavy atom. The van der Waals surface area contributed by atoms with Crippen molar-refractivity contribution in [2.45, 2.75) is 12.5 Å². The molecule has 3 aromatic rings. The van der Waals surface area contributed by atoms with Crippen LogP contribution in [-0.2, 0) is 9.59 Å². The second-order valence-corrected chi connectivity index (χ2v) is 7.41. The predicted octanol–water partition coefficient (Wildman–Crippen LogP) is 3.70. The highest BCUT2D eigenvalue weighted by Crippen LogP contribution is 2.34. The van der Waals surface area contributed by atoms with Gasteiger partial charge in [0.25, 0.3) is 5.91 Å². The smallest absolute Gasteiger partial charge is 0.259 e. The van der Waals surface area contributed by atoms with Gasteiger partial charge in [-0.25, -0.2) is 0 Å². The highest BCUT2D eigenvalue weighted by molar-refractivity contribution is 6.17. The Balaban J connectivity index is 1.61. The van der Waals surface area contributed by atoms with Gasteiger partial charge in [0, 0.05) is 11.3 Å². The molecule has 8 nitrogen and oxygen atoms in total. The van der Waals surface area contributed by atoms with Crippen molar-refractivity contribution in [1.82, 2.24) is 0 Å². The van der Waals surface area contributed by atoms with E-state index in [9.17, 15) is 14.4 Å². The average Bonchev–Trinajstić information content (AvgIpc) is 2.84. The van der Waals surface area contributed by atoms with Gasteiger partial charge in [-0.2, -0.15) is 0 Å². The molecule has 0 aliphatic carbocycles. The van der Waals surface area contributed by atoms with Crippen molar-refractivity contribution < 1.29 is 23.9 Å². The Bertz CT molecular complexity index is 1180. The van der Waals surface area contributed by atoms with E-state index in [2.05, 4.69) is 10.6 Å². The van der Waals surface area contributed by atoms with Crippen molar-refractivity contribution in [1.29, 1.82) is 0 Å². The van der Waals surface area contributed by atoms with Crippen LogP contribution in [0, 0.1) is 0 Å². The number of nitrogens with zero attached hydrogens (tertiary/aromatic N) is 1. The van der Waals surface area contributed by atoms with Gasteiger partial charge in [0.15, 0.2) is 0 Å². The van der Waals surface area contributed by atoms with Gasteiger partial charge in [-0.15, -0.1) is 0 Å². The lowest BCUT2D eigenvalue weighted by atomic mass is 10.0. The third kappa shape index (κ3) is 4.64. The first-order valence-electron chi connectivity index (χ1n) is 10.3. The number of carbonyl (C=O) groups is 3. The predicted molar refractivity (Wildman–Crippen MR) is 125 cm³/mol. The zero-order valence-corrected chi connectivity index (χ0v) is 18.2. The molecular weight excluding hydrogens is 422 g/mol. The number of nitrogens with one attached hydrogen (secondary N) is 2. The second-order valence-electron chi connectivity index (χ2n) is 7.41. The molecule has 1 atom stereocenters. The summed E-state index contributed by atoms with van der Waals surface area (Å²) in [5, 5.41) is 5.57. The molecule has 3 amide bonds. The number of rotatable bonds is 6. The molecule has 0 saturated carbocycles. The van der Waals surface area contributed by atoms with E-state index in [0.29, 0.717) is 34.1 Å². The molecule has 0 fully saturated rings. The minimum Gasteiger partial charge on any atom is -0.497 e. The fraction of sp³-hybridized carbons (Fsp3) is 0.160. The van der Waals surface area contributed by atoms with E-state index in [1.807, 2.05) is 0 Å². The number of carbonyl (C=O) groups excluding carboxylic acids is 3. The van der Waals surface area contributed by atoms with Gasteiger partial charge in [0.2, 0.25) is 11.8 Å². The van der Waals surface area contributed by atoms with Crippen LogP contribution in [0.25, 0.3) is 0 Å². The monoisotopic (exact) mass is 445 g/mol. The van der Waals surface area contributed by atoms with E-state index in [1.165, 1.54) is 4.90 Å². The molecule has 1 aliphatic rings. The average molecular weight is 445 g/mol. The van der Waals surface area contributed by atoms with Crippen LogP contribution in [0.2, 0.25) is 0 Å². The van der Waals surface area contributed by atoms with Crippen LogP contribution < -0.4 is 25.0 Å². The number of ether oxygens (including phenoxy) is 2. The van der Waals surface area contributed by atoms with Gasteiger partial charge in [-0.3, -0.25) is 19.3 Å². The van der Waals surface area contributed by atoms with Gasteiger partial charge < -0.3 is 20.1 Å². The van der Waals surface area contributed by atoms with Crippen LogP contribution in [0.5, 0.6) is 11.5 Å². The first-order valence-corrected chi connectivity index (χ1v) is 10.3. The number of amides is 3. The number of hydrogen-bond donors (Lipinski definition) is 2. The molecule has 168 valence electrons. The largest absolute Gasteiger partial charge is 0.497 e. The zero-order chi connectivity index (χ0) is 23.4. The Hall–Kier alpha value is -4.33. The standard InChI is InChI=1S/C25H23N3O5/c1-32-18-11-7-16(8-12-18)25(31)28-21-6-4-3-5-20(21)27-24(30)22(28)15-23(29)26-17-9-13-19(33-2)14-10-17/h3-14,22H,15H2,1-2H3,(H,26,29)(H,27,30)/t22-/m1/s1. The summed E-state index contributed by atoms with van der Waals surface area (Å²) in [6.45, 7) is 0. The Morgan fingerprint density at radius 2 is 1.52 bits per heavy atom. The van der Waals surface area contributed by atoms with Crippen LogP contribution in [0.4, 0.5) is 17.1 Å². The molecule has 33 heavy (non-hydrogen) atoms. The van der Waals surface area contributed by atoms with Crippen molar-refractivity contribution in [2.24, 2.45) is 0 Å². The Labute approximate surface area is 191 Å². The van der Waals surface area contributed by atoms with E-state index in [1.54, 1.807) is 87.0 Å². The van der Waals surface area contributed by atoms with Gasteiger partial charge in [0.05, 0.1) is 32.0 Å². The molecule has 4 rings (SSSR count). The number of hydrogen-bond acceptors (Lipinski definition) is 5. The summed E-state index contributed by atoms with van der Waals surface area (Å²) in [6, 6.07) is 19.4. The SMILES string of the molecule is COc1ccc(NC(=O)C[C@@H]2C(=O)Nc3ccccc3N2C(=O)c2ccc(OC)cc2)cc1. The highest BCUT2D eigenvalue weighted by Gasteiger charge is 2.38. The molecule has 8 heteroatoms. The molecule has 0 saturated heterocycles. The maximum absolute atomic E-state index is 13.5. The number of benzene rings is 3. The fourth-order valence-corrected chi connectivity index (χ4v) is 3.66. The van der Waals surface area contributed by atoms with Gasteiger partial charge in [-0.05, 0) is 60.7 Å². The summed E-state index contributed by atoms with van der Waals surface area (Å²) >= 11 is 0. The van der Waals surface area contributed by atoms with Crippen molar-refractivity contribution in [3.8, 4) is 11.5 Å². The third-order valence-electron chi connectivity index (χ3n) is 5.34. The summed E-state index contributed by atoms with van der Waals surface area (Å²) < 4.78 is 10.3. The van der Waals surface area contributed by atoms with Gasteiger partial charge in [0.1, 0.15) is 17.5 Å². The summed E-state index contributed by atoms with van der Waals surface area (Å²) in [4.78, 5) is 40.6. The molecule has 0 unspecified atom stereocenters. The summed E-state index contributed by atoms with van der Waals surface area (Å²) in [6.07, 6.45) is -0.214. The molecule has 0 radical (unpaired) electrons. The lowest BCUT2D eigenvalue weighted by Gasteiger charge is -2.36. The first kappa shape index (κ1) is 21.9. The molecule has 1 aliphatic heterocycles. The second kappa shape index (κ2) is 9.44. The van der Waals surface area contributed by atoms with E-state index in [-0.39, 0.29) is 12.3 Å². The topological polar surface area (TPSA) is 97.0 Å². The normalized spacial score (nSPS) is 14.7. The van der Waals surface area contributed by atoms with Crippen LogP contribution in [0.15, 0.2) is 72.8 Å². The van der Waals surface area contributed by atoms with E-state index >= 15 is 0 Å². The fourth-order valence-electron chi connectivity index (χ4n) is 3.66. The summed E-state index contributed by atoms with van der Waals surface area (Å²) in [7, 11) is 3.10. The molecule has 2 N–H and O–H groups in total. The molecule has 0 spiro atoms. The highest BCUT2D eigenvalue weighted by atomic mass is 16.5. The van der Waals surface area contributed by atoms with Crippen LogP contribution in [-0.4, -0.2) is 38.0 Å². The Kier molecular flexibility index (Phi) is 6.26. The van der Waals surface area contributed by atoms with Crippen LogP contribution in [0.1, 0.15) is 16.8 Å². The quantitative estimate of drug-likeness (QED) is 0.603. The van der Waals surface area contributed by atoms with E-state index in [4.69, 9.17) is 9.47 Å². The Morgan fingerprint density at radius 3 is 2.15 bits per heavy atom. The van der Waals surface area contributed by atoms with Gasteiger partial charge >= 0.3 is 0 Å². The van der Waals surface area contributed by atoms with Crippen molar-refractivity contribution in [3.63, 3.8) is 0 Å². The van der Waals surface area contributed by atoms with E-state index < -0.39 is 17.9 Å². The number of anilines is 3. The number of para-hydroxylation sites is 2.